The lowest BCUT2D eigenvalue weighted by Gasteiger charge is -2.52. The fourth-order valence-electron chi connectivity index (χ4n) is 6.84. The van der Waals surface area contributed by atoms with Crippen LogP contribution in [-0.4, -0.2) is 76.7 Å². The van der Waals surface area contributed by atoms with E-state index < -0.39 is 17.2 Å². The van der Waals surface area contributed by atoms with Crippen LogP contribution in [0.15, 0.2) is 30.3 Å². The highest BCUT2D eigenvalue weighted by Crippen LogP contribution is 2.42. The zero-order chi connectivity index (χ0) is 25.9. The number of likely N-dealkylation sites (tertiary alicyclic amines) is 1. The molecule has 2 unspecified atom stereocenters. The third-order valence-corrected chi connectivity index (χ3v) is 9.36. The van der Waals surface area contributed by atoms with Crippen LogP contribution in [-0.2, 0) is 9.59 Å². The van der Waals surface area contributed by atoms with E-state index in [1.54, 1.807) is 0 Å². The van der Waals surface area contributed by atoms with Gasteiger partial charge in [0, 0.05) is 32.6 Å². The molecule has 7 nitrogen and oxygen atoms in total. The van der Waals surface area contributed by atoms with Crippen molar-refractivity contribution in [2.24, 2.45) is 11.8 Å². The van der Waals surface area contributed by atoms with Gasteiger partial charge in [0.05, 0.1) is 12.2 Å². The Labute approximate surface area is 234 Å². The Hall–Kier alpha value is -1.83. The number of carbonyl (C=O) groups is 2. The van der Waals surface area contributed by atoms with Gasteiger partial charge in [-0.1, -0.05) is 50.8 Å². The first-order valence-electron chi connectivity index (χ1n) is 14.7. The van der Waals surface area contributed by atoms with E-state index in [1.807, 2.05) is 35.2 Å². The second-order valence-corrected chi connectivity index (χ2v) is 12.1. The molecule has 0 radical (unpaired) electrons. The number of piperidine rings is 1. The van der Waals surface area contributed by atoms with E-state index in [0.717, 1.165) is 76.9 Å². The van der Waals surface area contributed by atoms with Gasteiger partial charge in [0.15, 0.2) is 0 Å². The molecule has 2 amide bonds. The molecule has 0 aromatic heterocycles. The number of rotatable bonds is 10. The number of amides is 2. The number of carbonyl (C=O) groups excluding carboxylic acids is 2. The van der Waals surface area contributed by atoms with Crippen LogP contribution in [0.2, 0.25) is 0 Å². The van der Waals surface area contributed by atoms with Crippen molar-refractivity contribution in [3.8, 4) is 5.75 Å². The van der Waals surface area contributed by atoms with E-state index >= 15 is 0 Å². The van der Waals surface area contributed by atoms with E-state index in [9.17, 15) is 14.7 Å². The summed E-state index contributed by atoms with van der Waals surface area (Å²) >= 11 is 0. The summed E-state index contributed by atoms with van der Waals surface area (Å²) in [6.45, 7) is 6.22. The minimum atomic E-state index is -0.832. The van der Waals surface area contributed by atoms with Gasteiger partial charge in [0.25, 0.3) is 0 Å². The fourth-order valence-corrected chi connectivity index (χ4v) is 6.84. The molecule has 1 aromatic carbocycles. The summed E-state index contributed by atoms with van der Waals surface area (Å²) in [5.41, 5.74) is -1.57. The molecule has 2 N–H and O–H groups in total. The van der Waals surface area contributed by atoms with Gasteiger partial charge in [-0.15, -0.1) is 12.4 Å². The average molecular weight is 548 g/mol. The molecular weight excluding hydrogens is 502 g/mol. The monoisotopic (exact) mass is 547 g/mol. The molecule has 5 rings (SSSR count). The van der Waals surface area contributed by atoms with Gasteiger partial charge in [-0.05, 0) is 62.5 Å². The van der Waals surface area contributed by atoms with E-state index in [4.69, 9.17) is 4.74 Å². The summed E-state index contributed by atoms with van der Waals surface area (Å²) in [4.78, 5) is 31.8. The van der Waals surface area contributed by atoms with Crippen molar-refractivity contribution in [1.82, 2.24) is 15.1 Å². The van der Waals surface area contributed by atoms with Crippen molar-refractivity contribution < 1.29 is 19.4 Å². The number of hydrogen-bond donors (Lipinski definition) is 2. The van der Waals surface area contributed by atoms with Crippen LogP contribution in [0.25, 0.3) is 0 Å². The van der Waals surface area contributed by atoms with Gasteiger partial charge in [-0.25, -0.2) is 0 Å². The minimum Gasteiger partial charge on any atom is -0.493 e. The van der Waals surface area contributed by atoms with Gasteiger partial charge in [-0.3, -0.25) is 9.59 Å². The molecule has 4 aliphatic rings. The van der Waals surface area contributed by atoms with Crippen LogP contribution in [0, 0.1) is 11.8 Å². The van der Waals surface area contributed by atoms with Gasteiger partial charge in [0.1, 0.15) is 17.3 Å². The number of unbranched alkanes of at least 4 members (excludes halogenated alkanes) is 1. The standard InChI is InChI=1S/C30H45N3O4.ClH/c1-2-3-16-33-27(34)26(20-29(36)12-8-5-9-13-29)31-28(35)30(33)14-17-32(18-15-30)21-23-19-24(23)22-37-25-10-6-4-7-11-25;/h4,6-7,10-11,23-24,26,36H,2-3,5,8-9,12-22H2,1H3,(H,31,35);1H/t23?,24?,26-;/m1./s1. The molecular formula is C30H46ClN3O4. The van der Waals surface area contributed by atoms with Crippen LogP contribution in [0.4, 0.5) is 0 Å². The van der Waals surface area contributed by atoms with Crippen LogP contribution in [0.5, 0.6) is 5.75 Å². The highest BCUT2D eigenvalue weighted by molar-refractivity contribution is 6.00. The van der Waals surface area contributed by atoms with Crippen molar-refractivity contribution in [2.75, 3.05) is 32.8 Å². The molecule has 38 heavy (non-hydrogen) atoms. The third kappa shape index (κ3) is 6.48. The number of aliphatic hydroxyl groups is 1. The Kier molecular flexibility index (Phi) is 9.64. The maximum Gasteiger partial charge on any atom is 0.246 e. The van der Waals surface area contributed by atoms with E-state index in [-0.39, 0.29) is 24.2 Å². The van der Waals surface area contributed by atoms with E-state index in [2.05, 4.69) is 17.1 Å². The van der Waals surface area contributed by atoms with Gasteiger partial charge < -0.3 is 25.0 Å². The summed E-state index contributed by atoms with van der Waals surface area (Å²) in [7, 11) is 0. The zero-order valence-corrected chi connectivity index (χ0v) is 23.7. The predicted molar refractivity (Wildman–Crippen MR) is 150 cm³/mol. The molecule has 2 saturated carbocycles. The lowest BCUT2D eigenvalue weighted by atomic mass is 9.77. The maximum atomic E-state index is 13.7. The number of halogens is 1. The summed E-state index contributed by atoms with van der Waals surface area (Å²) in [5.74, 6) is 2.19. The summed E-state index contributed by atoms with van der Waals surface area (Å²) in [5, 5.41) is 14.2. The molecule has 2 aliphatic carbocycles. The largest absolute Gasteiger partial charge is 0.493 e. The van der Waals surface area contributed by atoms with Gasteiger partial charge >= 0.3 is 0 Å². The molecule has 212 valence electrons. The number of hydrogen-bond acceptors (Lipinski definition) is 5. The normalized spacial score (nSPS) is 28.5. The first-order valence-corrected chi connectivity index (χ1v) is 14.7. The quantitative estimate of drug-likeness (QED) is 0.459. The van der Waals surface area contributed by atoms with Crippen molar-refractivity contribution in [2.45, 2.75) is 94.7 Å². The van der Waals surface area contributed by atoms with Crippen LogP contribution in [0.3, 0.4) is 0 Å². The highest BCUT2D eigenvalue weighted by atomic mass is 35.5. The van der Waals surface area contributed by atoms with Crippen molar-refractivity contribution in [3.63, 3.8) is 0 Å². The molecule has 8 heteroatoms. The predicted octanol–water partition coefficient (Wildman–Crippen LogP) is 4.17. The van der Waals surface area contributed by atoms with E-state index in [1.165, 1.54) is 6.42 Å². The van der Waals surface area contributed by atoms with Gasteiger partial charge in [-0.2, -0.15) is 0 Å². The number of nitrogens with zero attached hydrogens (tertiary/aromatic N) is 2. The Balaban J connectivity index is 0.00000336. The zero-order valence-electron chi connectivity index (χ0n) is 22.9. The molecule has 2 aliphatic heterocycles. The first kappa shape index (κ1) is 29.2. The molecule has 3 atom stereocenters. The van der Waals surface area contributed by atoms with Crippen LogP contribution >= 0.6 is 12.4 Å². The second-order valence-electron chi connectivity index (χ2n) is 12.1. The van der Waals surface area contributed by atoms with E-state index in [0.29, 0.717) is 37.6 Å². The van der Waals surface area contributed by atoms with Crippen LogP contribution < -0.4 is 10.1 Å². The number of benzene rings is 1. The molecule has 2 saturated heterocycles. The molecule has 0 bridgehead atoms. The Morgan fingerprint density at radius 2 is 1.74 bits per heavy atom. The smallest absolute Gasteiger partial charge is 0.246 e. The first-order chi connectivity index (χ1) is 17.9. The molecule has 1 spiro atoms. The Bertz CT molecular complexity index is 931. The summed E-state index contributed by atoms with van der Waals surface area (Å²) in [6, 6.07) is 9.40. The van der Waals surface area contributed by atoms with Crippen molar-refractivity contribution >= 4 is 24.2 Å². The van der Waals surface area contributed by atoms with Crippen molar-refractivity contribution in [3.05, 3.63) is 30.3 Å². The Morgan fingerprint density at radius 1 is 1.03 bits per heavy atom. The second kappa shape index (κ2) is 12.6. The summed E-state index contributed by atoms with van der Waals surface area (Å²) in [6.07, 6.45) is 9.35. The number of nitrogens with one attached hydrogen (secondary N) is 1. The number of piperazine rings is 1. The lowest BCUT2D eigenvalue weighted by Crippen LogP contribution is -2.73. The molecule has 1 aromatic rings. The lowest BCUT2D eigenvalue weighted by molar-refractivity contribution is -0.163. The highest BCUT2D eigenvalue weighted by Gasteiger charge is 2.54. The average Bonchev–Trinajstić information content (AvgIpc) is 3.66. The Morgan fingerprint density at radius 3 is 2.42 bits per heavy atom. The van der Waals surface area contributed by atoms with Crippen molar-refractivity contribution in [1.29, 1.82) is 0 Å². The maximum absolute atomic E-state index is 13.7. The van der Waals surface area contributed by atoms with Gasteiger partial charge in [0.2, 0.25) is 11.8 Å². The SMILES string of the molecule is CCCCN1C(=O)[C@@H](CC2(O)CCCCC2)NC(=O)C12CCN(CC1CC1COc1ccccc1)CC2.Cl. The minimum absolute atomic E-state index is 0. The number of ether oxygens (including phenoxy) is 1. The fraction of sp³-hybridized carbons (Fsp3) is 0.733. The third-order valence-electron chi connectivity index (χ3n) is 9.36. The van der Waals surface area contributed by atoms with Crippen LogP contribution in [0.1, 0.15) is 77.6 Å². The topological polar surface area (TPSA) is 82.1 Å². The molecule has 2 heterocycles. The summed E-state index contributed by atoms with van der Waals surface area (Å²) < 4.78 is 5.95. The number of para-hydroxylation sites is 1. The molecule has 4 fully saturated rings.